The van der Waals surface area contributed by atoms with Gasteiger partial charge in [0.25, 0.3) is 5.91 Å². The molecule has 1 unspecified atom stereocenters. The summed E-state index contributed by atoms with van der Waals surface area (Å²) in [6, 6.07) is 17.2. The molecule has 1 aromatic heterocycles. The number of hydrogen-bond donors (Lipinski definition) is 3. The number of phenolic OH excluding ortho intramolecular Hbond substituents is 1. The van der Waals surface area contributed by atoms with Gasteiger partial charge in [-0.2, -0.15) is 0 Å². The minimum atomic E-state index is -1.16. The number of carbonyl (C=O) groups is 5. The van der Waals surface area contributed by atoms with Crippen LogP contribution < -0.4 is 10.7 Å². The van der Waals surface area contributed by atoms with Crippen molar-refractivity contribution in [1.29, 1.82) is 0 Å². The molecule has 7 rings (SSSR count). The van der Waals surface area contributed by atoms with Crippen LogP contribution >= 0.6 is 0 Å². The third-order valence-electron chi connectivity index (χ3n) is 13.7. The van der Waals surface area contributed by atoms with Crippen LogP contribution in [0.3, 0.4) is 0 Å². The number of nitrogens with one attached hydrogen (secondary N) is 2. The lowest BCUT2D eigenvalue weighted by atomic mass is 9.84. The highest BCUT2D eigenvalue weighted by molar-refractivity contribution is 5.96. The molecule has 3 aliphatic rings. The fraction of sp³-hybridized carbons (Fsp3) is 0.491. The number of phenols is 1. The van der Waals surface area contributed by atoms with E-state index in [1.807, 2.05) is 26.8 Å². The molecule has 4 aromatic rings. The van der Waals surface area contributed by atoms with Crippen molar-refractivity contribution in [2.24, 2.45) is 23.2 Å². The van der Waals surface area contributed by atoms with E-state index in [1.54, 1.807) is 24.1 Å². The Labute approximate surface area is 395 Å². The van der Waals surface area contributed by atoms with Crippen molar-refractivity contribution in [3.05, 3.63) is 90.0 Å². The van der Waals surface area contributed by atoms with Gasteiger partial charge in [-0.05, 0) is 110 Å². The SMILES string of the molecule is C=CC(=O)N1C[C@H](C)[C@H](C(=O)N(C)C(C(=O)N[C@H]2Cc3cc(O)cc(c3)-c3ccc4c(c3)c(c(-c3ccccc3CN(C)C)n4CC)CC(C)(C)COC(=O)[C@@H]3CCCN(N3)C2=O)C(C)C)C1. The molecule has 0 radical (unpaired) electrons. The van der Waals surface area contributed by atoms with Gasteiger partial charge in [0.05, 0.1) is 18.2 Å². The third-order valence-corrected chi connectivity index (χ3v) is 13.7. The first-order valence-electron chi connectivity index (χ1n) is 23.7. The maximum atomic E-state index is 14.8. The Bertz CT molecular complexity index is 2540. The number of aryl methyl sites for hydroxylation is 1. The fourth-order valence-corrected chi connectivity index (χ4v) is 10.4. The normalized spacial score (nSPS) is 21.5. The summed E-state index contributed by atoms with van der Waals surface area (Å²) in [6.45, 7) is 18.1. The van der Waals surface area contributed by atoms with Crippen LogP contribution in [0.2, 0.25) is 0 Å². The van der Waals surface area contributed by atoms with Crippen LogP contribution in [0.25, 0.3) is 33.3 Å². The van der Waals surface area contributed by atoms with E-state index >= 15 is 0 Å². The summed E-state index contributed by atoms with van der Waals surface area (Å²) in [5, 5.41) is 16.8. The second-order valence-corrected chi connectivity index (χ2v) is 20.3. The van der Waals surface area contributed by atoms with Crippen molar-refractivity contribution in [3.8, 4) is 28.1 Å². The minimum absolute atomic E-state index is 0.000723. The molecule has 3 aromatic carbocycles. The molecular formula is C53H69N7O7. The van der Waals surface area contributed by atoms with Gasteiger partial charge in [0, 0.05) is 68.1 Å². The van der Waals surface area contributed by atoms with E-state index in [9.17, 15) is 29.1 Å². The van der Waals surface area contributed by atoms with Gasteiger partial charge in [0.2, 0.25) is 17.7 Å². The number of aromatic nitrogens is 1. The van der Waals surface area contributed by atoms with Crippen LogP contribution in [-0.4, -0.2) is 124 Å². The summed E-state index contributed by atoms with van der Waals surface area (Å²) in [6.07, 6.45) is 2.80. The van der Waals surface area contributed by atoms with Crippen molar-refractivity contribution in [2.75, 3.05) is 47.4 Å². The molecule has 0 saturated carbocycles. The van der Waals surface area contributed by atoms with Crippen molar-refractivity contribution >= 4 is 40.5 Å². The van der Waals surface area contributed by atoms with Gasteiger partial charge < -0.3 is 34.4 Å². The van der Waals surface area contributed by atoms with E-state index in [0.29, 0.717) is 31.4 Å². The van der Waals surface area contributed by atoms with Crippen LogP contribution in [0.4, 0.5) is 0 Å². The predicted molar refractivity (Wildman–Crippen MR) is 260 cm³/mol. The van der Waals surface area contributed by atoms with Gasteiger partial charge >= 0.3 is 5.97 Å². The Morgan fingerprint density at radius 3 is 2.48 bits per heavy atom. The van der Waals surface area contributed by atoms with Crippen molar-refractivity contribution < 1.29 is 33.8 Å². The number of carbonyl (C=O) groups excluding carboxylic acids is 5. The summed E-state index contributed by atoms with van der Waals surface area (Å²) in [4.78, 5) is 75.1. The van der Waals surface area contributed by atoms with Gasteiger partial charge in [-0.3, -0.25) is 29.0 Å². The molecule has 3 N–H and O–H groups in total. The van der Waals surface area contributed by atoms with Gasteiger partial charge in [-0.15, -0.1) is 0 Å². The quantitative estimate of drug-likeness (QED) is 0.125. The summed E-state index contributed by atoms with van der Waals surface area (Å²) in [5.41, 5.74) is 10.5. The molecule has 67 heavy (non-hydrogen) atoms. The number of fused-ring (bicyclic) bond motifs is 6. The maximum absolute atomic E-state index is 14.8. The molecule has 0 spiro atoms. The summed E-state index contributed by atoms with van der Waals surface area (Å²) in [7, 11) is 5.73. The molecule has 14 nitrogen and oxygen atoms in total. The molecule has 4 amide bonds. The number of aromatic hydroxyl groups is 1. The van der Waals surface area contributed by atoms with E-state index in [4.69, 9.17) is 4.74 Å². The minimum Gasteiger partial charge on any atom is -0.508 e. The smallest absolute Gasteiger partial charge is 0.324 e. The molecule has 3 aliphatic heterocycles. The number of cyclic esters (lactones) is 1. The second-order valence-electron chi connectivity index (χ2n) is 20.3. The average Bonchev–Trinajstić information content (AvgIpc) is 3.82. The first kappa shape index (κ1) is 48.9. The lowest BCUT2D eigenvalue weighted by molar-refractivity contribution is -0.155. The molecule has 2 fully saturated rings. The Morgan fingerprint density at radius 1 is 1.03 bits per heavy atom. The van der Waals surface area contributed by atoms with Crippen LogP contribution in [0.15, 0.2) is 73.3 Å². The number of esters is 1. The fourth-order valence-electron chi connectivity index (χ4n) is 10.4. The molecule has 6 bridgehead atoms. The van der Waals surface area contributed by atoms with Gasteiger partial charge in [0.1, 0.15) is 23.9 Å². The predicted octanol–water partition coefficient (Wildman–Crippen LogP) is 6.17. The summed E-state index contributed by atoms with van der Waals surface area (Å²) in [5.74, 6) is -2.97. The number of hydrazine groups is 1. The lowest BCUT2D eigenvalue weighted by Crippen LogP contribution is -2.62. The topological polar surface area (TPSA) is 157 Å². The number of likely N-dealkylation sites (N-methyl/N-ethyl adjacent to an activating group) is 1. The van der Waals surface area contributed by atoms with E-state index in [0.717, 1.165) is 51.9 Å². The van der Waals surface area contributed by atoms with Crippen molar-refractivity contribution in [2.45, 2.75) is 98.4 Å². The highest BCUT2D eigenvalue weighted by Gasteiger charge is 2.42. The van der Waals surface area contributed by atoms with Crippen LogP contribution in [0.1, 0.15) is 71.1 Å². The monoisotopic (exact) mass is 916 g/mol. The molecule has 5 atom stereocenters. The van der Waals surface area contributed by atoms with Gasteiger partial charge in [-0.1, -0.05) is 77.6 Å². The highest BCUT2D eigenvalue weighted by atomic mass is 16.5. The number of benzene rings is 3. The number of hydrogen-bond acceptors (Lipinski definition) is 9. The van der Waals surface area contributed by atoms with E-state index < -0.39 is 47.2 Å². The first-order valence-corrected chi connectivity index (χ1v) is 23.7. The number of rotatable bonds is 10. The molecule has 2 saturated heterocycles. The Kier molecular flexibility index (Phi) is 14.7. The summed E-state index contributed by atoms with van der Waals surface area (Å²) >= 11 is 0. The van der Waals surface area contributed by atoms with E-state index in [2.05, 4.69) is 104 Å². The zero-order valence-electron chi connectivity index (χ0n) is 40.7. The average molecular weight is 916 g/mol. The lowest BCUT2D eigenvalue weighted by Gasteiger charge is -2.37. The van der Waals surface area contributed by atoms with Crippen LogP contribution in [0.5, 0.6) is 5.75 Å². The zero-order chi connectivity index (χ0) is 48.5. The Hall–Kier alpha value is -5.99. The number of amides is 4. The van der Waals surface area contributed by atoms with Crippen molar-refractivity contribution in [3.63, 3.8) is 0 Å². The third kappa shape index (κ3) is 10.5. The molecule has 0 aliphatic carbocycles. The standard InChI is InChI=1S/C53H69N7O7/c1-11-46(62)58-28-33(5)42(30-58)50(64)57(10)47(32(3)4)49(63)54-44-24-34-22-37(25-38(61)23-34)35-19-20-45-40(26-35)41(48(59(45)12-2)39-17-14-13-16-36(39)29-56(8)9)27-53(6,7)31-67-52(66)43-18-15-21-60(55-43)51(44)65/h11,13-14,16-17,19-20,22-23,25-26,32-33,42-44,47,55,61H,1,12,15,18,21,24,27-31H2,2-10H3,(H,54,63)/t33-,42+,43-,44-,47?/m0/s1. The maximum Gasteiger partial charge on any atom is 0.324 e. The van der Waals surface area contributed by atoms with Gasteiger partial charge in [0.15, 0.2) is 0 Å². The van der Waals surface area contributed by atoms with Crippen LogP contribution in [-0.2, 0) is 54.6 Å². The number of nitrogens with zero attached hydrogens (tertiary/aromatic N) is 5. The number of ether oxygens (including phenoxy) is 1. The summed E-state index contributed by atoms with van der Waals surface area (Å²) < 4.78 is 8.50. The van der Waals surface area contributed by atoms with Crippen LogP contribution in [0, 0.1) is 23.2 Å². The van der Waals surface area contributed by atoms with Gasteiger partial charge in [-0.25, -0.2) is 5.43 Å². The second kappa shape index (κ2) is 20.1. The molecular weight excluding hydrogens is 847 g/mol. The number of likely N-dealkylation sites (tertiary alicyclic amines) is 1. The Balaban J connectivity index is 1.31. The highest BCUT2D eigenvalue weighted by Crippen LogP contribution is 2.42. The molecule has 358 valence electrons. The van der Waals surface area contributed by atoms with E-state index in [1.165, 1.54) is 21.5 Å². The first-order chi connectivity index (χ1) is 31.8. The van der Waals surface area contributed by atoms with Crippen molar-refractivity contribution in [1.82, 2.24) is 35.0 Å². The van der Waals surface area contributed by atoms with E-state index in [-0.39, 0.29) is 55.5 Å². The molecule has 14 heteroatoms. The zero-order valence-corrected chi connectivity index (χ0v) is 40.7. The largest absolute Gasteiger partial charge is 0.508 e. The Morgan fingerprint density at radius 2 is 1.78 bits per heavy atom. The molecule has 4 heterocycles.